The minimum atomic E-state index is -0.386. The fraction of sp³-hybridized carbons (Fsp3) is 0.188. The van der Waals surface area contributed by atoms with Crippen LogP contribution in [-0.4, -0.2) is 63.6 Å². The van der Waals surface area contributed by atoms with Crippen LogP contribution in [0.3, 0.4) is 0 Å². The van der Waals surface area contributed by atoms with Gasteiger partial charge in [-0.15, -0.1) is 0 Å². The summed E-state index contributed by atoms with van der Waals surface area (Å²) in [5, 5.41) is 19.2. The van der Waals surface area contributed by atoms with Crippen molar-refractivity contribution >= 4 is 58.1 Å². The van der Waals surface area contributed by atoms with Gasteiger partial charge in [0, 0.05) is 59.1 Å². The first-order valence-electron chi connectivity index (χ1n) is 14.1. The summed E-state index contributed by atoms with van der Waals surface area (Å²) in [5.41, 5.74) is 5.37. The number of nitrogens with zero attached hydrogens (tertiary/aromatic N) is 5. The second-order valence-electron chi connectivity index (χ2n) is 10.3. The van der Waals surface area contributed by atoms with E-state index in [-0.39, 0.29) is 17.7 Å². The van der Waals surface area contributed by atoms with Gasteiger partial charge in [-0.25, -0.2) is 4.63 Å². The van der Waals surface area contributed by atoms with Gasteiger partial charge in [-0.05, 0) is 57.8 Å². The number of aliphatic imine (C=N–C) groups is 1. The number of hydrogen-bond donors (Lipinski definition) is 4. The lowest BCUT2D eigenvalue weighted by atomic mass is 10.1. The maximum atomic E-state index is 13.1. The van der Waals surface area contributed by atoms with E-state index in [0.717, 1.165) is 17.0 Å². The normalized spacial score (nSPS) is 11.6. The molecule has 0 fully saturated rings. The summed E-state index contributed by atoms with van der Waals surface area (Å²) in [6.45, 7) is 0.416. The SMILES string of the molecule is CN=C(CCNC(=O)c1cc(NC(=O)c2cc(NC(=O)c3ccc(/C=C/c4ccc5nonc5c4)cc3)cn2C)cn1C)NC. The summed E-state index contributed by atoms with van der Waals surface area (Å²) in [7, 11) is 6.91. The molecule has 2 aromatic carbocycles. The molecule has 3 heterocycles. The average Bonchev–Trinajstić information content (AvgIpc) is 3.76. The Labute approximate surface area is 259 Å². The van der Waals surface area contributed by atoms with Crippen LogP contribution in [0.1, 0.15) is 48.9 Å². The molecule has 0 aliphatic rings. The zero-order valence-corrected chi connectivity index (χ0v) is 25.3. The van der Waals surface area contributed by atoms with E-state index in [2.05, 4.69) is 36.6 Å². The number of aromatic nitrogens is 4. The van der Waals surface area contributed by atoms with Crippen molar-refractivity contribution in [3.63, 3.8) is 0 Å². The van der Waals surface area contributed by atoms with Crippen molar-refractivity contribution < 1.29 is 19.0 Å². The number of anilines is 2. The standard InChI is InChI=1S/C32H33N9O4/c1-33-29(34-2)13-14-35-31(43)27-16-24(19-40(27)3)37-32(44)28-17-23(18-41(28)4)36-30(42)22-10-7-20(8-11-22)5-6-21-9-12-25-26(15-21)39-45-38-25/h5-12,15-19H,13-14H2,1-4H3,(H,33,34)(H,35,43)(H,36,42)(H,37,44)/b6-5+. The van der Waals surface area contributed by atoms with Crippen molar-refractivity contribution in [3.8, 4) is 0 Å². The molecule has 0 saturated heterocycles. The van der Waals surface area contributed by atoms with E-state index in [1.54, 1.807) is 74.0 Å². The van der Waals surface area contributed by atoms with Crippen molar-refractivity contribution in [3.05, 3.63) is 95.1 Å². The highest BCUT2D eigenvalue weighted by molar-refractivity contribution is 6.07. The largest absolute Gasteiger partial charge is 0.377 e. The Morgan fingerprint density at radius 1 is 0.800 bits per heavy atom. The number of amides is 3. The average molecular weight is 608 g/mol. The second-order valence-corrected chi connectivity index (χ2v) is 10.3. The molecule has 0 spiro atoms. The van der Waals surface area contributed by atoms with E-state index in [9.17, 15) is 14.4 Å². The molecular formula is C32H33N9O4. The van der Waals surface area contributed by atoms with Gasteiger partial charge in [-0.3, -0.25) is 19.4 Å². The van der Waals surface area contributed by atoms with E-state index in [1.807, 2.05) is 42.5 Å². The van der Waals surface area contributed by atoms with Crippen molar-refractivity contribution in [2.45, 2.75) is 6.42 Å². The van der Waals surface area contributed by atoms with Gasteiger partial charge >= 0.3 is 0 Å². The Bertz CT molecular complexity index is 1910. The molecule has 3 amide bonds. The quantitative estimate of drug-likeness (QED) is 0.106. The van der Waals surface area contributed by atoms with Crippen LogP contribution < -0.4 is 21.3 Å². The number of amidine groups is 1. The molecule has 5 aromatic rings. The smallest absolute Gasteiger partial charge is 0.272 e. The molecule has 0 aliphatic heterocycles. The highest BCUT2D eigenvalue weighted by Crippen LogP contribution is 2.19. The number of rotatable bonds is 10. The lowest BCUT2D eigenvalue weighted by Gasteiger charge is -2.07. The molecule has 0 atom stereocenters. The number of benzene rings is 2. The van der Waals surface area contributed by atoms with Crippen LogP contribution in [-0.2, 0) is 14.1 Å². The first-order valence-corrected chi connectivity index (χ1v) is 14.1. The zero-order valence-electron chi connectivity index (χ0n) is 25.3. The molecule has 0 aliphatic carbocycles. The van der Waals surface area contributed by atoms with Crippen molar-refractivity contribution in [1.29, 1.82) is 0 Å². The predicted octanol–water partition coefficient (Wildman–Crippen LogP) is 3.94. The molecule has 0 unspecified atom stereocenters. The monoisotopic (exact) mass is 607 g/mol. The third kappa shape index (κ3) is 7.33. The summed E-state index contributed by atoms with van der Waals surface area (Å²) < 4.78 is 8.00. The molecule has 0 radical (unpaired) electrons. The first kappa shape index (κ1) is 30.5. The van der Waals surface area contributed by atoms with Crippen LogP contribution in [0.25, 0.3) is 23.2 Å². The van der Waals surface area contributed by atoms with Gasteiger partial charge in [0.2, 0.25) is 0 Å². The molecule has 13 heteroatoms. The third-order valence-electron chi connectivity index (χ3n) is 7.12. The van der Waals surface area contributed by atoms with Gasteiger partial charge in [0.1, 0.15) is 22.4 Å². The molecule has 230 valence electrons. The fourth-order valence-corrected chi connectivity index (χ4v) is 4.69. The summed E-state index contributed by atoms with van der Waals surface area (Å²) >= 11 is 0. The first-order chi connectivity index (χ1) is 21.7. The molecule has 4 N–H and O–H groups in total. The molecular weight excluding hydrogens is 574 g/mol. The van der Waals surface area contributed by atoms with Gasteiger partial charge in [0.25, 0.3) is 17.7 Å². The van der Waals surface area contributed by atoms with Crippen molar-refractivity contribution in [1.82, 2.24) is 30.1 Å². The lowest BCUT2D eigenvalue weighted by molar-refractivity contribution is 0.0945. The van der Waals surface area contributed by atoms with Crippen LogP contribution in [0.5, 0.6) is 0 Å². The number of aryl methyl sites for hydroxylation is 2. The summed E-state index contributed by atoms with van der Waals surface area (Å²) in [6, 6.07) is 16.0. The van der Waals surface area contributed by atoms with Gasteiger partial charge < -0.3 is 30.4 Å². The molecule has 5 rings (SSSR count). The highest BCUT2D eigenvalue weighted by Gasteiger charge is 2.17. The number of hydrogen-bond acceptors (Lipinski definition) is 7. The van der Waals surface area contributed by atoms with Gasteiger partial charge in [0.05, 0.1) is 17.2 Å². The van der Waals surface area contributed by atoms with E-state index in [0.29, 0.717) is 52.3 Å². The van der Waals surface area contributed by atoms with E-state index in [1.165, 1.54) is 0 Å². The Morgan fingerprint density at radius 3 is 2.07 bits per heavy atom. The maximum absolute atomic E-state index is 13.1. The van der Waals surface area contributed by atoms with E-state index < -0.39 is 0 Å². The van der Waals surface area contributed by atoms with Crippen LogP contribution >= 0.6 is 0 Å². The summed E-state index contributed by atoms with van der Waals surface area (Å²) in [6.07, 6.45) is 7.77. The van der Waals surface area contributed by atoms with Crippen molar-refractivity contribution in [2.24, 2.45) is 19.1 Å². The Balaban J connectivity index is 1.17. The number of fused-ring (bicyclic) bond motifs is 1. The molecule has 13 nitrogen and oxygen atoms in total. The van der Waals surface area contributed by atoms with Gasteiger partial charge in [-0.1, -0.05) is 30.4 Å². The number of carbonyl (C=O) groups is 3. The van der Waals surface area contributed by atoms with E-state index in [4.69, 9.17) is 4.63 Å². The van der Waals surface area contributed by atoms with Crippen LogP contribution in [0.15, 0.2) is 76.6 Å². The minimum Gasteiger partial charge on any atom is -0.377 e. The fourth-order valence-electron chi connectivity index (χ4n) is 4.69. The second kappa shape index (κ2) is 13.5. The Morgan fingerprint density at radius 2 is 1.40 bits per heavy atom. The van der Waals surface area contributed by atoms with Crippen molar-refractivity contribution in [2.75, 3.05) is 31.3 Å². The Kier molecular flexibility index (Phi) is 9.17. The number of carbonyl (C=O) groups excluding carboxylic acids is 3. The summed E-state index contributed by atoms with van der Waals surface area (Å²) in [4.78, 5) is 42.7. The van der Waals surface area contributed by atoms with Crippen LogP contribution in [0, 0.1) is 0 Å². The van der Waals surface area contributed by atoms with Gasteiger partial charge in [-0.2, -0.15) is 0 Å². The maximum Gasteiger partial charge on any atom is 0.272 e. The molecule has 0 bridgehead atoms. The lowest BCUT2D eigenvalue weighted by Crippen LogP contribution is -2.30. The highest BCUT2D eigenvalue weighted by atomic mass is 16.6. The topological polar surface area (TPSA) is 160 Å². The minimum absolute atomic E-state index is 0.264. The Hall–Kier alpha value is -5.98. The molecule has 3 aromatic heterocycles. The molecule has 0 saturated carbocycles. The predicted molar refractivity (Wildman–Crippen MR) is 173 cm³/mol. The van der Waals surface area contributed by atoms with Crippen LogP contribution in [0.4, 0.5) is 11.4 Å². The zero-order chi connectivity index (χ0) is 31.9. The molecule has 45 heavy (non-hydrogen) atoms. The van der Waals surface area contributed by atoms with E-state index >= 15 is 0 Å². The number of nitrogens with one attached hydrogen (secondary N) is 4. The summed E-state index contributed by atoms with van der Waals surface area (Å²) in [5.74, 6) is -0.173. The third-order valence-corrected chi connectivity index (χ3v) is 7.12. The van der Waals surface area contributed by atoms with Gasteiger partial charge in [0.15, 0.2) is 0 Å². The van der Waals surface area contributed by atoms with Crippen LogP contribution in [0.2, 0.25) is 0 Å².